The minimum Gasteiger partial charge on any atom is -0.494 e. The molecule has 1 rings (SSSR count). The summed E-state index contributed by atoms with van der Waals surface area (Å²) in [5.74, 6) is -4.15. The van der Waals surface area contributed by atoms with Crippen molar-refractivity contribution in [3.8, 4) is 5.75 Å². The molecular formula is C43H69NO11. The van der Waals surface area contributed by atoms with E-state index in [1.54, 1.807) is 51.1 Å². The van der Waals surface area contributed by atoms with Gasteiger partial charge < -0.3 is 34.1 Å². The Hall–Kier alpha value is -3.77. The molecule has 1 amide bonds. The number of hydrogen-bond acceptors (Lipinski definition) is 11. The number of nitrogens with one attached hydrogen (secondary N) is 1. The standard InChI is InChI=1S/C43H69NO11/c1-8-10-12-15-18-21-34(45)22-19-16-13-14-17-20-23-36(43(50,28-30-51-6)41(49)54-32-38(46)55-42(3,4)5)39(47)44-37(40(48)52-7)31-33-24-26-35(27-25-33)53-29-11-9-2/h20,23-27,36-37,50H,8-19,21-22,28-32H2,1-7H3,(H,44,47)/t36-,37+,43+/m1/s1. The smallest absolute Gasteiger partial charge is 0.344 e. The van der Waals surface area contributed by atoms with E-state index < -0.39 is 53.6 Å². The second-order valence-electron chi connectivity index (χ2n) is 15.0. The first-order valence-corrected chi connectivity index (χ1v) is 20.1. The molecule has 0 aliphatic rings. The molecule has 0 aromatic heterocycles. The Morgan fingerprint density at radius 2 is 1.44 bits per heavy atom. The molecule has 0 radical (unpaired) electrons. The Bertz CT molecular complexity index is 1300. The van der Waals surface area contributed by atoms with Crippen LogP contribution in [0.3, 0.4) is 0 Å². The van der Waals surface area contributed by atoms with Gasteiger partial charge in [-0.15, -0.1) is 0 Å². The maximum atomic E-state index is 14.1. The zero-order valence-electron chi connectivity index (χ0n) is 34.6. The lowest BCUT2D eigenvalue weighted by molar-refractivity contribution is -0.182. The van der Waals surface area contributed by atoms with E-state index in [9.17, 15) is 29.1 Å². The Morgan fingerprint density at radius 1 is 0.818 bits per heavy atom. The van der Waals surface area contributed by atoms with Crippen LogP contribution in [-0.2, 0) is 49.3 Å². The third-order valence-electron chi connectivity index (χ3n) is 8.98. The van der Waals surface area contributed by atoms with E-state index in [2.05, 4.69) is 19.2 Å². The van der Waals surface area contributed by atoms with E-state index in [4.69, 9.17) is 23.7 Å². The molecule has 55 heavy (non-hydrogen) atoms. The summed E-state index contributed by atoms with van der Waals surface area (Å²) in [5, 5.41) is 14.6. The van der Waals surface area contributed by atoms with Crippen molar-refractivity contribution in [3.05, 3.63) is 42.0 Å². The van der Waals surface area contributed by atoms with Crippen molar-refractivity contribution < 1.29 is 52.8 Å². The number of aliphatic hydroxyl groups is 1. The lowest BCUT2D eigenvalue weighted by Crippen LogP contribution is -2.56. The molecule has 0 aliphatic heterocycles. The van der Waals surface area contributed by atoms with Gasteiger partial charge in [-0.05, 0) is 70.6 Å². The molecule has 0 saturated heterocycles. The molecule has 12 nitrogen and oxygen atoms in total. The maximum absolute atomic E-state index is 14.1. The lowest BCUT2D eigenvalue weighted by Gasteiger charge is -2.32. The van der Waals surface area contributed by atoms with Gasteiger partial charge in [-0.3, -0.25) is 9.59 Å². The fourth-order valence-corrected chi connectivity index (χ4v) is 5.84. The van der Waals surface area contributed by atoms with Crippen molar-refractivity contribution in [2.45, 2.75) is 155 Å². The maximum Gasteiger partial charge on any atom is 0.344 e. The molecule has 0 fully saturated rings. The van der Waals surface area contributed by atoms with Crippen LogP contribution in [0.25, 0.3) is 0 Å². The monoisotopic (exact) mass is 775 g/mol. The zero-order chi connectivity index (χ0) is 41.1. The Kier molecular flexibility index (Phi) is 24.9. The van der Waals surface area contributed by atoms with E-state index in [0.717, 1.165) is 51.4 Å². The predicted octanol–water partition coefficient (Wildman–Crippen LogP) is 7.16. The minimum absolute atomic E-state index is 0.0606. The highest BCUT2D eigenvalue weighted by Crippen LogP contribution is 2.27. The van der Waals surface area contributed by atoms with Crippen LogP contribution in [0.2, 0.25) is 0 Å². The van der Waals surface area contributed by atoms with Gasteiger partial charge in [0.2, 0.25) is 5.91 Å². The topological polar surface area (TPSA) is 164 Å². The van der Waals surface area contributed by atoms with Crippen LogP contribution in [0, 0.1) is 5.92 Å². The molecule has 12 heteroatoms. The summed E-state index contributed by atoms with van der Waals surface area (Å²) in [7, 11) is 2.59. The third kappa shape index (κ3) is 21.2. The third-order valence-corrected chi connectivity index (χ3v) is 8.98. The SMILES string of the molecule is CCCCCCCC(=O)CCCCCCC=C[C@H](C(=O)N[C@@H](Cc1ccc(OCCCC)cc1)C(=O)OC)[C@@](O)(CCOC)C(=O)OCC(=O)OC(C)(C)C. The molecule has 0 saturated carbocycles. The first kappa shape index (κ1) is 49.2. The molecule has 0 unspecified atom stereocenters. The molecule has 2 N–H and O–H groups in total. The molecule has 3 atom stereocenters. The number of benzene rings is 1. The van der Waals surface area contributed by atoms with Gasteiger partial charge >= 0.3 is 17.9 Å². The average molecular weight is 776 g/mol. The lowest BCUT2D eigenvalue weighted by atomic mass is 9.82. The number of Topliss-reactive ketones (excluding diaryl/α,β-unsaturated/α-hetero) is 1. The van der Waals surface area contributed by atoms with Crippen molar-refractivity contribution >= 4 is 29.6 Å². The summed E-state index contributed by atoms with van der Waals surface area (Å²) in [4.78, 5) is 65.2. The number of hydrogen-bond donors (Lipinski definition) is 2. The van der Waals surface area contributed by atoms with E-state index in [1.165, 1.54) is 39.6 Å². The van der Waals surface area contributed by atoms with Crippen LogP contribution in [0.1, 0.15) is 136 Å². The van der Waals surface area contributed by atoms with Crippen LogP contribution in [0.15, 0.2) is 36.4 Å². The first-order chi connectivity index (χ1) is 26.2. The first-order valence-electron chi connectivity index (χ1n) is 20.1. The summed E-state index contributed by atoms with van der Waals surface area (Å²) in [6.45, 7) is 8.90. The normalized spacial score (nSPS) is 13.7. The molecule has 0 bridgehead atoms. The molecule has 0 spiro atoms. The van der Waals surface area contributed by atoms with Gasteiger partial charge in [0.05, 0.1) is 19.6 Å². The van der Waals surface area contributed by atoms with Crippen molar-refractivity contribution in [1.29, 1.82) is 0 Å². The highest BCUT2D eigenvalue weighted by Gasteiger charge is 2.48. The van der Waals surface area contributed by atoms with Crippen molar-refractivity contribution in [2.75, 3.05) is 34.0 Å². The fourth-order valence-electron chi connectivity index (χ4n) is 5.84. The number of allylic oxidation sites excluding steroid dienone is 1. The molecule has 0 heterocycles. The number of carbonyl (C=O) groups excluding carboxylic acids is 5. The van der Waals surface area contributed by atoms with Crippen LogP contribution in [-0.4, -0.2) is 86.0 Å². The number of methoxy groups -OCH3 is 2. The molecule has 1 aromatic rings. The number of rotatable bonds is 30. The second-order valence-corrected chi connectivity index (χ2v) is 15.0. The van der Waals surface area contributed by atoms with Gasteiger partial charge in [0, 0.05) is 39.4 Å². The molecule has 312 valence electrons. The largest absolute Gasteiger partial charge is 0.494 e. The Morgan fingerprint density at radius 3 is 2.02 bits per heavy atom. The summed E-state index contributed by atoms with van der Waals surface area (Å²) >= 11 is 0. The number of ether oxygens (including phenoxy) is 5. The summed E-state index contributed by atoms with van der Waals surface area (Å²) in [5.41, 5.74) is -2.60. The second kappa shape index (κ2) is 27.8. The van der Waals surface area contributed by atoms with Crippen LogP contribution in [0.5, 0.6) is 5.75 Å². The number of amides is 1. The van der Waals surface area contributed by atoms with Gasteiger partial charge in [0.15, 0.2) is 12.2 Å². The van der Waals surface area contributed by atoms with Crippen molar-refractivity contribution in [1.82, 2.24) is 5.32 Å². The molecular weight excluding hydrogens is 706 g/mol. The summed E-state index contributed by atoms with van der Waals surface area (Å²) < 4.78 is 26.4. The summed E-state index contributed by atoms with van der Waals surface area (Å²) in [6.07, 6.45) is 15.4. The minimum atomic E-state index is -2.48. The number of ketones is 1. The predicted molar refractivity (Wildman–Crippen MR) is 211 cm³/mol. The number of unbranched alkanes of at least 4 members (excludes halogenated alkanes) is 9. The highest BCUT2D eigenvalue weighted by molar-refractivity contribution is 5.94. The quantitative estimate of drug-likeness (QED) is 0.0353. The Balaban J connectivity index is 3.15. The van der Waals surface area contributed by atoms with Gasteiger partial charge in [0.1, 0.15) is 23.2 Å². The van der Waals surface area contributed by atoms with Crippen molar-refractivity contribution in [3.63, 3.8) is 0 Å². The van der Waals surface area contributed by atoms with Gasteiger partial charge in [-0.1, -0.05) is 83.1 Å². The van der Waals surface area contributed by atoms with Gasteiger partial charge in [0.25, 0.3) is 0 Å². The van der Waals surface area contributed by atoms with E-state index in [0.29, 0.717) is 43.0 Å². The fraction of sp³-hybridized carbons (Fsp3) is 0.698. The number of carbonyl (C=O) groups is 5. The zero-order valence-corrected chi connectivity index (χ0v) is 34.6. The molecule has 0 aliphatic carbocycles. The van der Waals surface area contributed by atoms with E-state index >= 15 is 0 Å². The van der Waals surface area contributed by atoms with Crippen LogP contribution >= 0.6 is 0 Å². The average Bonchev–Trinajstić information content (AvgIpc) is 3.14. The van der Waals surface area contributed by atoms with Crippen molar-refractivity contribution in [2.24, 2.45) is 5.92 Å². The van der Waals surface area contributed by atoms with Crippen LogP contribution in [0.4, 0.5) is 0 Å². The van der Waals surface area contributed by atoms with Crippen LogP contribution < -0.4 is 10.1 Å². The highest BCUT2D eigenvalue weighted by atomic mass is 16.6. The number of esters is 3. The molecule has 1 aromatic carbocycles. The van der Waals surface area contributed by atoms with Gasteiger partial charge in [-0.2, -0.15) is 0 Å². The summed E-state index contributed by atoms with van der Waals surface area (Å²) in [6, 6.07) is 5.97. The van der Waals surface area contributed by atoms with E-state index in [-0.39, 0.29) is 19.4 Å². The van der Waals surface area contributed by atoms with Gasteiger partial charge in [-0.25, -0.2) is 14.4 Å². The van der Waals surface area contributed by atoms with E-state index in [1.807, 2.05) is 0 Å². The Labute approximate surface area is 329 Å².